The lowest BCUT2D eigenvalue weighted by Gasteiger charge is -2.38. The monoisotopic (exact) mass is 547 g/mol. The Bertz CT molecular complexity index is 1260. The number of carbonyl (C=O) groups is 2. The highest BCUT2D eigenvalue weighted by Crippen LogP contribution is 2.28. The number of methoxy groups -OCH3 is 2. The Morgan fingerprint density at radius 3 is 2.46 bits per heavy atom. The van der Waals surface area contributed by atoms with Gasteiger partial charge in [-0.3, -0.25) is 13.8 Å². The van der Waals surface area contributed by atoms with Gasteiger partial charge >= 0.3 is 6.36 Å². The van der Waals surface area contributed by atoms with Gasteiger partial charge in [0.2, 0.25) is 0 Å². The quantitative estimate of drug-likeness (QED) is 0.493. The molecule has 0 radical (unpaired) electrons. The molecule has 2 aromatic rings. The van der Waals surface area contributed by atoms with Crippen LogP contribution in [0.25, 0.3) is 0 Å². The number of nitrogens with zero attached hydrogens (tertiary/aromatic N) is 2. The molecule has 1 aromatic heterocycles. The lowest BCUT2D eigenvalue weighted by Crippen LogP contribution is -2.56. The number of likely N-dealkylation sites (tertiary alicyclic amines) is 1. The van der Waals surface area contributed by atoms with E-state index in [1.54, 1.807) is 0 Å². The third-order valence-electron chi connectivity index (χ3n) is 5.30. The van der Waals surface area contributed by atoms with E-state index in [0.29, 0.717) is 0 Å². The third kappa shape index (κ3) is 7.45. The lowest BCUT2D eigenvalue weighted by molar-refractivity contribution is -0.274. The minimum absolute atomic E-state index is 0.0423. The van der Waals surface area contributed by atoms with Gasteiger partial charge in [0, 0.05) is 18.8 Å². The topological polar surface area (TPSA) is 133 Å². The van der Waals surface area contributed by atoms with Gasteiger partial charge in [0.1, 0.15) is 11.9 Å². The SMILES string of the molecule is COc1cc(C(=O)N2CCC(NC(=O)c3ccccc3OC(F)(F)F)C(OS(C)(=O)=O)C2)cnc1OC. The Labute approximate surface area is 210 Å². The molecule has 3 rings (SSSR count). The first-order valence-electron chi connectivity index (χ1n) is 10.7. The Balaban J connectivity index is 1.80. The van der Waals surface area contributed by atoms with Crippen molar-refractivity contribution in [2.45, 2.75) is 24.9 Å². The molecule has 202 valence electrons. The summed E-state index contributed by atoms with van der Waals surface area (Å²) in [6, 6.07) is 5.18. The second-order valence-electron chi connectivity index (χ2n) is 7.94. The fourth-order valence-corrected chi connectivity index (χ4v) is 4.38. The average molecular weight is 548 g/mol. The van der Waals surface area contributed by atoms with Gasteiger partial charge in [0.15, 0.2) is 5.75 Å². The molecule has 11 nitrogen and oxygen atoms in total. The van der Waals surface area contributed by atoms with Gasteiger partial charge in [-0.05, 0) is 18.6 Å². The number of ether oxygens (including phenoxy) is 3. The van der Waals surface area contributed by atoms with E-state index >= 15 is 0 Å². The molecule has 1 fully saturated rings. The maximum atomic E-state index is 13.1. The molecule has 1 N–H and O–H groups in total. The van der Waals surface area contributed by atoms with Crippen LogP contribution in [0.5, 0.6) is 17.4 Å². The molecular formula is C22H24F3N3O8S. The summed E-state index contributed by atoms with van der Waals surface area (Å²) in [6.45, 7) is -0.172. The largest absolute Gasteiger partial charge is 0.573 e. The fourth-order valence-electron chi connectivity index (χ4n) is 3.73. The summed E-state index contributed by atoms with van der Waals surface area (Å²) in [7, 11) is -1.28. The van der Waals surface area contributed by atoms with Crippen LogP contribution in [-0.2, 0) is 14.3 Å². The van der Waals surface area contributed by atoms with E-state index in [9.17, 15) is 31.2 Å². The van der Waals surface area contributed by atoms with Crippen LogP contribution in [0.15, 0.2) is 36.5 Å². The molecule has 2 unspecified atom stereocenters. The number of halogens is 3. The molecule has 1 aliphatic heterocycles. The molecule has 1 saturated heterocycles. The van der Waals surface area contributed by atoms with Crippen LogP contribution in [-0.4, -0.2) is 82.2 Å². The number of para-hydroxylation sites is 1. The zero-order chi connectivity index (χ0) is 27.4. The number of hydrogen-bond acceptors (Lipinski definition) is 9. The number of aromatic nitrogens is 1. The first-order chi connectivity index (χ1) is 17.3. The summed E-state index contributed by atoms with van der Waals surface area (Å²) >= 11 is 0. The van der Waals surface area contributed by atoms with Crippen LogP contribution in [0, 0.1) is 0 Å². The summed E-state index contributed by atoms with van der Waals surface area (Å²) < 4.78 is 81.3. The smallest absolute Gasteiger partial charge is 0.491 e. The van der Waals surface area contributed by atoms with Gasteiger partial charge in [-0.25, -0.2) is 4.98 Å². The van der Waals surface area contributed by atoms with Crippen molar-refractivity contribution in [3.8, 4) is 17.4 Å². The molecule has 2 atom stereocenters. The Hall–Kier alpha value is -3.59. The minimum atomic E-state index is -5.02. The van der Waals surface area contributed by atoms with Gasteiger partial charge in [-0.1, -0.05) is 12.1 Å². The van der Waals surface area contributed by atoms with E-state index in [0.717, 1.165) is 18.4 Å². The molecule has 15 heteroatoms. The molecule has 1 aliphatic rings. The summed E-state index contributed by atoms with van der Waals surface area (Å²) in [5.41, 5.74) is -0.274. The Morgan fingerprint density at radius 1 is 1.14 bits per heavy atom. The van der Waals surface area contributed by atoms with E-state index in [1.165, 1.54) is 43.5 Å². The first kappa shape index (κ1) is 28.0. The van der Waals surface area contributed by atoms with Gasteiger partial charge in [-0.2, -0.15) is 8.42 Å². The van der Waals surface area contributed by atoms with Crippen LogP contribution >= 0.6 is 0 Å². The van der Waals surface area contributed by atoms with E-state index in [2.05, 4.69) is 15.0 Å². The normalized spacial score (nSPS) is 18.2. The highest BCUT2D eigenvalue weighted by atomic mass is 32.2. The van der Waals surface area contributed by atoms with Gasteiger partial charge in [-0.15, -0.1) is 13.2 Å². The standard InChI is InChI=1S/C22H24F3N3O8S/c1-33-17-10-13(11-26-20(17)34-2)21(30)28-9-8-15(18(12-28)36-37(3,31)32)27-19(29)14-6-4-5-7-16(14)35-22(23,24)25/h4-7,10-11,15,18H,8-9,12H2,1-3H3,(H,27,29). The van der Waals surface area contributed by atoms with Crippen LogP contribution in [0.1, 0.15) is 27.1 Å². The second kappa shape index (κ2) is 11.2. The predicted molar refractivity (Wildman–Crippen MR) is 122 cm³/mol. The number of hydrogen-bond donors (Lipinski definition) is 1. The maximum Gasteiger partial charge on any atom is 0.573 e. The van der Waals surface area contributed by atoms with Crippen molar-refractivity contribution in [1.82, 2.24) is 15.2 Å². The van der Waals surface area contributed by atoms with Crippen LogP contribution < -0.4 is 19.5 Å². The van der Waals surface area contributed by atoms with Crippen molar-refractivity contribution >= 4 is 21.9 Å². The maximum absolute atomic E-state index is 13.1. The molecule has 0 saturated carbocycles. The number of pyridine rings is 1. The van der Waals surface area contributed by atoms with E-state index in [4.69, 9.17) is 13.7 Å². The summed E-state index contributed by atoms with van der Waals surface area (Å²) in [6.07, 6.45) is -4.14. The van der Waals surface area contributed by atoms with Crippen molar-refractivity contribution in [3.05, 3.63) is 47.7 Å². The molecule has 0 spiro atoms. The van der Waals surface area contributed by atoms with Gasteiger partial charge < -0.3 is 24.4 Å². The number of carbonyl (C=O) groups excluding carboxylic acids is 2. The van der Waals surface area contributed by atoms with Crippen LogP contribution in [0.4, 0.5) is 13.2 Å². The third-order valence-corrected chi connectivity index (χ3v) is 5.89. The zero-order valence-electron chi connectivity index (χ0n) is 19.9. The van der Waals surface area contributed by atoms with Crippen molar-refractivity contribution in [1.29, 1.82) is 0 Å². The number of piperidine rings is 1. The van der Waals surface area contributed by atoms with Gasteiger partial charge in [0.05, 0.1) is 44.2 Å². The number of alkyl halides is 3. The summed E-state index contributed by atoms with van der Waals surface area (Å²) in [5, 5.41) is 2.50. The van der Waals surface area contributed by atoms with Crippen LogP contribution in [0.2, 0.25) is 0 Å². The van der Waals surface area contributed by atoms with E-state index < -0.39 is 51.8 Å². The van der Waals surface area contributed by atoms with Crippen LogP contribution in [0.3, 0.4) is 0 Å². The number of benzene rings is 1. The van der Waals surface area contributed by atoms with Crippen molar-refractivity contribution in [2.75, 3.05) is 33.6 Å². The molecule has 2 amide bonds. The first-order valence-corrected chi connectivity index (χ1v) is 12.5. The molecular weight excluding hydrogens is 523 g/mol. The minimum Gasteiger partial charge on any atom is -0.491 e. The van der Waals surface area contributed by atoms with E-state index in [-0.39, 0.29) is 36.7 Å². The Kier molecular flexibility index (Phi) is 8.48. The molecule has 2 heterocycles. The zero-order valence-corrected chi connectivity index (χ0v) is 20.8. The average Bonchev–Trinajstić information content (AvgIpc) is 2.82. The molecule has 1 aromatic carbocycles. The van der Waals surface area contributed by atoms with Gasteiger partial charge in [0.25, 0.3) is 27.8 Å². The Morgan fingerprint density at radius 2 is 1.84 bits per heavy atom. The lowest BCUT2D eigenvalue weighted by atomic mass is 10.0. The number of amides is 2. The predicted octanol–water partition coefficient (Wildman–Crippen LogP) is 1.99. The molecule has 37 heavy (non-hydrogen) atoms. The highest BCUT2D eigenvalue weighted by Gasteiger charge is 2.37. The summed E-state index contributed by atoms with van der Waals surface area (Å²) in [5.74, 6) is -1.80. The van der Waals surface area contributed by atoms with E-state index in [1.807, 2.05) is 0 Å². The second-order valence-corrected chi connectivity index (χ2v) is 9.54. The molecule has 0 aliphatic carbocycles. The van der Waals surface area contributed by atoms with Crippen molar-refractivity contribution in [3.63, 3.8) is 0 Å². The number of nitrogens with one attached hydrogen (secondary N) is 1. The highest BCUT2D eigenvalue weighted by molar-refractivity contribution is 7.86. The molecule has 0 bridgehead atoms. The van der Waals surface area contributed by atoms with Crippen molar-refractivity contribution in [2.24, 2.45) is 0 Å². The summed E-state index contributed by atoms with van der Waals surface area (Å²) in [4.78, 5) is 31.2. The fraction of sp³-hybridized carbons (Fsp3) is 0.409. The van der Waals surface area contributed by atoms with Crippen molar-refractivity contribution < 1.29 is 49.6 Å². The number of rotatable bonds is 8.